The van der Waals surface area contributed by atoms with Crippen molar-refractivity contribution in [2.75, 3.05) is 26.2 Å². The Hall–Kier alpha value is -2.24. The number of nitrogens with zero attached hydrogens (tertiary/aromatic N) is 1. The third kappa shape index (κ3) is 8.70. The first-order valence-electron chi connectivity index (χ1n) is 8.03. The summed E-state index contributed by atoms with van der Waals surface area (Å²) < 4.78 is 5.23. The van der Waals surface area contributed by atoms with Crippen LogP contribution < -0.4 is 21.1 Å². The molecule has 0 aliphatic carbocycles. The number of hydrogen-bond donors (Lipinski definition) is 3. The lowest BCUT2D eigenvalue weighted by atomic mass is 10.1. The number of aliphatic imine (C=N–C) groups is 1. The molecule has 0 unspecified atom stereocenters. The van der Waals surface area contributed by atoms with E-state index in [4.69, 9.17) is 10.5 Å². The fourth-order valence-corrected chi connectivity index (χ4v) is 1.85. The molecule has 1 aromatic rings. The van der Waals surface area contributed by atoms with Crippen LogP contribution in [0, 0.1) is 5.92 Å². The quantitative estimate of drug-likeness (QED) is 0.473. The maximum absolute atomic E-state index is 10.7. The summed E-state index contributed by atoms with van der Waals surface area (Å²) in [6.45, 7) is 8.70. The first-order valence-corrected chi connectivity index (χ1v) is 8.03. The van der Waals surface area contributed by atoms with Crippen molar-refractivity contribution in [2.45, 2.75) is 27.2 Å². The summed E-state index contributed by atoms with van der Waals surface area (Å²) in [5.74, 6) is 1.56. The van der Waals surface area contributed by atoms with E-state index in [-0.39, 0.29) is 6.61 Å². The molecule has 1 amide bonds. The van der Waals surface area contributed by atoms with Crippen molar-refractivity contribution in [1.82, 2.24) is 10.6 Å². The summed E-state index contributed by atoms with van der Waals surface area (Å²) in [7, 11) is 0. The van der Waals surface area contributed by atoms with E-state index >= 15 is 0 Å². The lowest BCUT2D eigenvalue weighted by Crippen LogP contribution is -2.38. The van der Waals surface area contributed by atoms with Gasteiger partial charge in [-0.25, -0.2) is 0 Å². The summed E-state index contributed by atoms with van der Waals surface area (Å²) in [4.78, 5) is 15.2. The topological polar surface area (TPSA) is 88.7 Å². The van der Waals surface area contributed by atoms with Crippen LogP contribution in [-0.4, -0.2) is 38.1 Å². The predicted molar refractivity (Wildman–Crippen MR) is 93.7 cm³/mol. The molecule has 0 aliphatic rings. The van der Waals surface area contributed by atoms with Gasteiger partial charge < -0.3 is 21.1 Å². The summed E-state index contributed by atoms with van der Waals surface area (Å²) in [5, 5.41) is 6.56. The first kappa shape index (κ1) is 18.8. The van der Waals surface area contributed by atoms with Gasteiger partial charge in [0.25, 0.3) is 5.91 Å². The Morgan fingerprint density at radius 1 is 1.26 bits per heavy atom. The van der Waals surface area contributed by atoms with Crippen LogP contribution in [0.3, 0.4) is 0 Å². The predicted octanol–water partition coefficient (Wildman–Crippen LogP) is 1.30. The van der Waals surface area contributed by atoms with E-state index in [2.05, 4.69) is 36.4 Å². The lowest BCUT2D eigenvalue weighted by molar-refractivity contribution is -0.119. The molecule has 0 aromatic heterocycles. The first-order chi connectivity index (χ1) is 11.0. The van der Waals surface area contributed by atoms with Crippen molar-refractivity contribution in [3.8, 4) is 5.75 Å². The zero-order valence-electron chi connectivity index (χ0n) is 14.3. The van der Waals surface area contributed by atoms with Crippen LogP contribution >= 0.6 is 0 Å². The van der Waals surface area contributed by atoms with E-state index in [0.29, 0.717) is 11.7 Å². The van der Waals surface area contributed by atoms with Gasteiger partial charge in [0.15, 0.2) is 12.6 Å². The Morgan fingerprint density at radius 3 is 2.52 bits per heavy atom. The molecule has 0 saturated heterocycles. The Kier molecular flexibility index (Phi) is 8.57. The van der Waals surface area contributed by atoms with Crippen LogP contribution in [0.5, 0.6) is 5.75 Å². The van der Waals surface area contributed by atoms with Crippen molar-refractivity contribution in [3.63, 3.8) is 0 Å². The van der Waals surface area contributed by atoms with Gasteiger partial charge in [-0.3, -0.25) is 9.79 Å². The number of guanidine groups is 1. The molecule has 0 radical (unpaired) electrons. The molecule has 23 heavy (non-hydrogen) atoms. The van der Waals surface area contributed by atoms with Gasteiger partial charge in [-0.1, -0.05) is 26.0 Å². The SMILES string of the molecule is CCNC(=NCC(C)C)NCCc1ccc(OCC(N)=O)cc1. The van der Waals surface area contributed by atoms with E-state index in [1.807, 2.05) is 24.3 Å². The molecule has 0 bridgehead atoms. The summed E-state index contributed by atoms with van der Waals surface area (Å²) >= 11 is 0. The number of amides is 1. The minimum absolute atomic E-state index is 0.0980. The third-order valence-electron chi connectivity index (χ3n) is 2.97. The summed E-state index contributed by atoms with van der Waals surface area (Å²) in [5.41, 5.74) is 6.23. The number of benzene rings is 1. The minimum Gasteiger partial charge on any atom is -0.484 e. The van der Waals surface area contributed by atoms with Crippen molar-refractivity contribution >= 4 is 11.9 Å². The van der Waals surface area contributed by atoms with Crippen molar-refractivity contribution < 1.29 is 9.53 Å². The second-order valence-electron chi connectivity index (χ2n) is 5.69. The second-order valence-corrected chi connectivity index (χ2v) is 5.69. The van der Waals surface area contributed by atoms with Gasteiger partial charge in [-0.05, 0) is 37.0 Å². The highest BCUT2D eigenvalue weighted by molar-refractivity contribution is 5.79. The maximum Gasteiger partial charge on any atom is 0.255 e. The van der Waals surface area contributed by atoms with Gasteiger partial charge in [0.05, 0.1) is 0 Å². The highest BCUT2D eigenvalue weighted by Gasteiger charge is 2.01. The van der Waals surface area contributed by atoms with Crippen LogP contribution in [0.1, 0.15) is 26.3 Å². The average Bonchev–Trinajstić information content (AvgIpc) is 2.51. The number of carbonyl (C=O) groups is 1. The van der Waals surface area contributed by atoms with Gasteiger partial charge in [-0.15, -0.1) is 0 Å². The van der Waals surface area contributed by atoms with Gasteiger partial charge in [-0.2, -0.15) is 0 Å². The Labute approximate surface area is 138 Å². The Morgan fingerprint density at radius 2 is 1.96 bits per heavy atom. The molecular formula is C17H28N4O2. The molecule has 0 fully saturated rings. The van der Waals surface area contributed by atoms with Crippen LogP contribution in [0.25, 0.3) is 0 Å². The van der Waals surface area contributed by atoms with Crippen molar-refractivity contribution in [1.29, 1.82) is 0 Å². The lowest BCUT2D eigenvalue weighted by Gasteiger charge is -2.12. The largest absolute Gasteiger partial charge is 0.484 e. The molecule has 0 saturated carbocycles. The molecular weight excluding hydrogens is 292 g/mol. The average molecular weight is 320 g/mol. The number of carbonyl (C=O) groups excluding carboxylic acids is 1. The zero-order chi connectivity index (χ0) is 17.1. The molecule has 4 N–H and O–H groups in total. The van der Waals surface area contributed by atoms with Gasteiger partial charge in [0.1, 0.15) is 5.75 Å². The number of rotatable bonds is 9. The van der Waals surface area contributed by atoms with Crippen LogP contribution in [-0.2, 0) is 11.2 Å². The van der Waals surface area contributed by atoms with Gasteiger partial charge >= 0.3 is 0 Å². The Balaban J connectivity index is 2.41. The normalized spacial score (nSPS) is 11.4. The van der Waals surface area contributed by atoms with Crippen molar-refractivity contribution in [3.05, 3.63) is 29.8 Å². The highest BCUT2D eigenvalue weighted by Crippen LogP contribution is 2.12. The van der Waals surface area contributed by atoms with Gasteiger partial charge in [0, 0.05) is 19.6 Å². The number of primary amides is 1. The fraction of sp³-hybridized carbons (Fsp3) is 0.529. The molecule has 1 aromatic carbocycles. The number of nitrogens with one attached hydrogen (secondary N) is 2. The van der Waals surface area contributed by atoms with E-state index in [0.717, 1.165) is 32.0 Å². The number of ether oxygens (including phenoxy) is 1. The standard InChI is InChI=1S/C17H28N4O2/c1-4-19-17(21-11-13(2)3)20-10-9-14-5-7-15(8-6-14)23-12-16(18)22/h5-8,13H,4,9-12H2,1-3H3,(H2,18,22)(H2,19,20,21). The third-order valence-corrected chi connectivity index (χ3v) is 2.97. The Bertz CT molecular complexity index is 498. The highest BCUT2D eigenvalue weighted by atomic mass is 16.5. The number of nitrogens with two attached hydrogens (primary N) is 1. The summed E-state index contributed by atoms with van der Waals surface area (Å²) in [6, 6.07) is 7.65. The van der Waals surface area contributed by atoms with Gasteiger partial charge in [0.2, 0.25) is 0 Å². The van der Waals surface area contributed by atoms with E-state index in [9.17, 15) is 4.79 Å². The van der Waals surface area contributed by atoms with Crippen LogP contribution in [0.2, 0.25) is 0 Å². The molecule has 128 valence electrons. The van der Waals surface area contributed by atoms with Crippen molar-refractivity contribution in [2.24, 2.45) is 16.6 Å². The molecule has 1 rings (SSSR count). The maximum atomic E-state index is 10.7. The minimum atomic E-state index is -0.477. The fourth-order valence-electron chi connectivity index (χ4n) is 1.85. The van der Waals surface area contributed by atoms with Crippen LogP contribution in [0.15, 0.2) is 29.3 Å². The van der Waals surface area contributed by atoms with Crippen LogP contribution in [0.4, 0.5) is 0 Å². The molecule has 0 heterocycles. The molecule has 0 atom stereocenters. The zero-order valence-corrected chi connectivity index (χ0v) is 14.3. The summed E-state index contributed by atoms with van der Waals surface area (Å²) in [6.07, 6.45) is 0.877. The van der Waals surface area contributed by atoms with E-state index in [1.54, 1.807) is 0 Å². The monoisotopic (exact) mass is 320 g/mol. The number of hydrogen-bond acceptors (Lipinski definition) is 3. The van der Waals surface area contributed by atoms with E-state index in [1.165, 1.54) is 5.56 Å². The smallest absolute Gasteiger partial charge is 0.255 e. The second kappa shape index (κ2) is 10.5. The molecule has 6 nitrogen and oxygen atoms in total. The van der Waals surface area contributed by atoms with E-state index < -0.39 is 5.91 Å². The molecule has 6 heteroatoms. The molecule has 0 aliphatic heterocycles. The molecule has 0 spiro atoms.